The molecule has 0 aromatic carbocycles. The molecule has 0 bridgehead atoms. The van der Waals surface area contributed by atoms with Crippen LogP contribution < -0.4 is 11.4 Å². The van der Waals surface area contributed by atoms with Crippen LogP contribution >= 0.6 is 23.5 Å². The maximum absolute atomic E-state index is 12.1. The van der Waals surface area contributed by atoms with Crippen molar-refractivity contribution in [3.05, 3.63) is 22.2 Å². The predicted molar refractivity (Wildman–Crippen MR) is 99.4 cm³/mol. The lowest BCUT2D eigenvalue weighted by molar-refractivity contribution is -0.0542. The quantitative estimate of drug-likeness (QED) is 0.144. The van der Waals surface area contributed by atoms with Gasteiger partial charge in [0.15, 0.2) is 6.23 Å². The van der Waals surface area contributed by atoms with Crippen LogP contribution in [0.4, 0.5) is 5.82 Å². The van der Waals surface area contributed by atoms with Gasteiger partial charge in [-0.2, -0.15) is 13.6 Å². The Balaban J connectivity index is 2.12. The van der Waals surface area contributed by atoms with Crippen LogP contribution in [0.25, 0.3) is 0 Å². The van der Waals surface area contributed by atoms with Gasteiger partial charge in [-0.1, -0.05) is 0 Å². The molecule has 0 amide bonds. The Morgan fingerprint density at radius 1 is 1.09 bits per heavy atom. The molecular weight excluding hydrogens is 507 g/mol. The van der Waals surface area contributed by atoms with Crippen LogP contribution in [0.2, 0.25) is 0 Å². The van der Waals surface area contributed by atoms with Gasteiger partial charge in [0.25, 0.3) is 0 Å². The van der Waals surface area contributed by atoms with Gasteiger partial charge in [0, 0.05) is 24.8 Å². The van der Waals surface area contributed by atoms with E-state index in [4.69, 9.17) is 30.3 Å². The Morgan fingerprint density at radius 3 is 2.28 bits per heavy atom. The first-order valence-electron chi connectivity index (χ1n) is 8.33. The highest BCUT2D eigenvalue weighted by Crippen LogP contribution is 2.66. The number of phosphoric ester groups is 1. The number of rotatable bonds is 10. The van der Waals surface area contributed by atoms with E-state index in [9.17, 15) is 33.6 Å². The zero-order valence-corrected chi connectivity index (χ0v) is 18.4. The Morgan fingerprint density at radius 2 is 1.72 bits per heavy atom. The van der Waals surface area contributed by atoms with E-state index in [1.165, 1.54) is 0 Å². The van der Waals surface area contributed by atoms with Crippen molar-refractivity contribution in [2.24, 2.45) is 0 Å². The number of aliphatic hydroxyl groups excluding tert-OH is 3. The summed E-state index contributed by atoms with van der Waals surface area (Å²) in [6.07, 6.45) is -5.64. The van der Waals surface area contributed by atoms with Crippen molar-refractivity contribution >= 4 is 29.3 Å². The van der Waals surface area contributed by atoms with Gasteiger partial charge in [-0.05, 0) is 0 Å². The second-order valence-corrected chi connectivity index (χ2v) is 10.7. The second-order valence-electron chi connectivity index (χ2n) is 6.25. The number of aromatic nitrogens is 2. The third kappa shape index (κ3) is 7.21. The van der Waals surface area contributed by atoms with Crippen LogP contribution in [0.15, 0.2) is 11.0 Å². The highest BCUT2D eigenvalue weighted by Gasteiger charge is 2.46. The third-order valence-corrected chi connectivity index (χ3v) is 7.67. The van der Waals surface area contributed by atoms with Crippen molar-refractivity contribution in [3.8, 4) is 0 Å². The van der Waals surface area contributed by atoms with Gasteiger partial charge in [-0.15, -0.1) is 0 Å². The summed E-state index contributed by atoms with van der Waals surface area (Å²) < 4.78 is 51.1. The fourth-order valence-electron chi connectivity index (χ4n) is 2.58. The molecule has 9 N–H and O–H groups in total. The van der Waals surface area contributed by atoms with Crippen molar-refractivity contribution in [1.82, 2.24) is 9.55 Å². The molecule has 1 aromatic rings. The first-order chi connectivity index (χ1) is 14.6. The first-order valence-corrected chi connectivity index (χ1v) is 12.9. The molecule has 1 aromatic heterocycles. The number of hydrogen-bond donors (Lipinski definition) is 8. The van der Waals surface area contributed by atoms with Gasteiger partial charge in [0.2, 0.25) is 0 Å². The number of aliphatic hydroxyl groups is 3. The van der Waals surface area contributed by atoms with Gasteiger partial charge >= 0.3 is 29.2 Å². The molecule has 18 nitrogen and oxygen atoms in total. The Bertz CT molecular complexity index is 1030. The molecular formula is C11H20N3O15P3. The monoisotopic (exact) mass is 527 g/mol. The smallest absolute Gasteiger partial charge is 0.396 e. The van der Waals surface area contributed by atoms with Crippen molar-refractivity contribution in [1.29, 1.82) is 0 Å². The van der Waals surface area contributed by atoms with Crippen molar-refractivity contribution < 1.29 is 66.5 Å². The van der Waals surface area contributed by atoms with Crippen molar-refractivity contribution in [2.75, 3.05) is 18.9 Å². The Labute approximate surface area is 178 Å². The van der Waals surface area contributed by atoms with Crippen LogP contribution in [0.3, 0.4) is 0 Å². The number of anilines is 1. The van der Waals surface area contributed by atoms with Crippen molar-refractivity contribution in [3.63, 3.8) is 0 Å². The van der Waals surface area contributed by atoms with E-state index in [1.807, 2.05) is 0 Å². The molecule has 184 valence electrons. The van der Waals surface area contributed by atoms with Gasteiger partial charge in [0.1, 0.15) is 24.1 Å². The summed E-state index contributed by atoms with van der Waals surface area (Å²) in [4.78, 5) is 51.1. The fraction of sp³-hybridized carbons (Fsp3) is 0.636. The van der Waals surface area contributed by atoms with Crippen LogP contribution in [0.5, 0.6) is 0 Å². The number of nitrogen functional groups attached to an aromatic ring is 1. The molecule has 0 aliphatic carbocycles. The molecule has 6 unspecified atom stereocenters. The highest BCUT2D eigenvalue weighted by molar-refractivity contribution is 7.66. The maximum atomic E-state index is 12.1. The molecule has 1 aliphatic rings. The average Bonchev–Trinajstić information content (AvgIpc) is 2.87. The van der Waals surface area contributed by atoms with E-state index in [2.05, 4.69) is 18.1 Å². The molecule has 0 spiro atoms. The summed E-state index contributed by atoms with van der Waals surface area (Å²) in [5, 5.41) is 29.3. The van der Waals surface area contributed by atoms with E-state index in [-0.39, 0.29) is 24.4 Å². The highest BCUT2D eigenvalue weighted by atomic mass is 31.3. The van der Waals surface area contributed by atoms with Crippen LogP contribution in [0, 0.1) is 0 Å². The summed E-state index contributed by atoms with van der Waals surface area (Å²) >= 11 is 0. The minimum atomic E-state index is -5.75. The molecule has 21 heteroatoms. The lowest BCUT2D eigenvalue weighted by atomic mass is 10.1. The van der Waals surface area contributed by atoms with E-state index in [0.717, 1.165) is 10.8 Å². The first kappa shape index (κ1) is 27.2. The van der Waals surface area contributed by atoms with E-state index in [1.54, 1.807) is 0 Å². The zero-order valence-electron chi connectivity index (χ0n) is 15.7. The predicted octanol–water partition coefficient (Wildman–Crippen LogP) is -2.68. The lowest BCUT2D eigenvalue weighted by Gasteiger charge is -2.19. The van der Waals surface area contributed by atoms with Gasteiger partial charge in [-0.25, -0.2) is 18.5 Å². The van der Waals surface area contributed by atoms with E-state index < -0.39 is 60.3 Å². The number of nitrogens with zero attached hydrogens (tertiary/aromatic N) is 2. The molecule has 0 saturated carbocycles. The standard InChI is InChI=1S/C11H20N3O15P3/c12-9-5(1-2-15)3-14(11(18)13-9)10-8(17)7(16)6(27-10)4-26-31(22,23)29-32(24,25)28-30(19,20)21/h3,6-8,10,15-17H,1-2,4H2,(H,22,23)(H,24,25)(H2,12,13,18)(H2,19,20,21). The Hall–Kier alpha value is -1.07. The van der Waals surface area contributed by atoms with E-state index >= 15 is 0 Å². The van der Waals surface area contributed by atoms with Gasteiger partial charge < -0.3 is 45.4 Å². The number of nitrogens with two attached hydrogens (primary N) is 1. The van der Waals surface area contributed by atoms with Gasteiger partial charge in [0.05, 0.1) is 6.61 Å². The summed E-state index contributed by atoms with van der Waals surface area (Å²) in [7, 11) is -16.8. The molecule has 0 radical (unpaired) electrons. The minimum Gasteiger partial charge on any atom is -0.396 e. The number of ether oxygens (including phenoxy) is 1. The SMILES string of the molecule is Nc1nc(=O)n(C2OC(COP(=O)(O)OP(=O)(O)OP(=O)(O)O)C(O)C2O)cc1CCO. The summed E-state index contributed by atoms with van der Waals surface area (Å²) in [6, 6.07) is 0. The molecule has 6 atom stereocenters. The topological polar surface area (TPSA) is 291 Å². The van der Waals surface area contributed by atoms with Gasteiger partial charge in [-0.3, -0.25) is 9.09 Å². The zero-order chi connectivity index (χ0) is 24.5. The largest absolute Gasteiger partial charge is 0.490 e. The van der Waals surface area contributed by atoms with Crippen LogP contribution in [-0.2, 0) is 38.0 Å². The summed E-state index contributed by atoms with van der Waals surface area (Å²) in [5.41, 5.74) is 4.79. The molecule has 2 heterocycles. The molecule has 2 rings (SSSR count). The third-order valence-electron chi connectivity index (χ3n) is 3.87. The van der Waals surface area contributed by atoms with Crippen LogP contribution in [-0.4, -0.2) is 76.0 Å². The lowest BCUT2D eigenvalue weighted by Crippen LogP contribution is -2.36. The maximum Gasteiger partial charge on any atom is 0.490 e. The number of hydrogen-bond acceptors (Lipinski definition) is 13. The summed E-state index contributed by atoms with van der Waals surface area (Å²) in [6.45, 7) is -1.40. The second kappa shape index (κ2) is 10.0. The molecule has 1 aliphatic heterocycles. The molecule has 1 saturated heterocycles. The molecule has 32 heavy (non-hydrogen) atoms. The Kier molecular flexibility index (Phi) is 8.53. The normalized spacial score (nSPS) is 27.7. The van der Waals surface area contributed by atoms with Crippen LogP contribution in [0.1, 0.15) is 11.8 Å². The minimum absolute atomic E-state index is 0.0000462. The number of phosphoric acid groups is 3. The summed E-state index contributed by atoms with van der Waals surface area (Å²) in [5.74, 6) is -0.183. The van der Waals surface area contributed by atoms with Crippen molar-refractivity contribution in [2.45, 2.75) is 31.0 Å². The average molecular weight is 527 g/mol. The molecule has 1 fully saturated rings. The fourth-order valence-corrected chi connectivity index (χ4v) is 5.61. The van der Waals surface area contributed by atoms with E-state index in [0.29, 0.717) is 0 Å².